The lowest BCUT2D eigenvalue weighted by molar-refractivity contribution is -0.146. The van der Waals surface area contributed by atoms with Gasteiger partial charge in [0.2, 0.25) is 5.91 Å². The molecule has 0 aromatic rings. The summed E-state index contributed by atoms with van der Waals surface area (Å²) in [4.78, 5) is 12.4. The molecule has 1 N–H and O–H groups in total. The van der Waals surface area contributed by atoms with Crippen molar-refractivity contribution < 1.29 is 4.79 Å². The predicted octanol–water partition coefficient (Wildman–Crippen LogP) is 3.07. The summed E-state index contributed by atoms with van der Waals surface area (Å²) >= 11 is 5.72. The van der Waals surface area contributed by atoms with Crippen LogP contribution >= 0.6 is 11.6 Å². The Kier molecular flexibility index (Phi) is 2.73. The lowest BCUT2D eigenvalue weighted by Crippen LogP contribution is -2.53. The third-order valence-corrected chi connectivity index (χ3v) is 5.09. The van der Waals surface area contributed by atoms with Gasteiger partial charge >= 0.3 is 0 Å². The van der Waals surface area contributed by atoms with Crippen LogP contribution in [-0.2, 0) is 4.79 Å². The van der Waals surface area contributed by atoms with E-state index >= 15 is 0 Å². The molecule has 0 heterocycles. The first-order chi connectivity index (χ1) is 8.07. The Balaban J connectivity index is 1.73. The Hall–Kier alpha value is -0.500. The van der Waals surface area contributed by atoms with E-state index in [4.69, 9.17) is 11.6 Å². The number of carbonyl (C=O) groups is 1. The van der Waals surface area contributed by atoms with Crippen molar-refractivity contribution in [2.75, 3.05) is 6.54 Å². The molecule has 1 amide bonds. The van der Waals surface area contributed by atoms with Gasteiger partial charge in [-0.2, -0.15) is 0 Å². The summed E-state index contributed by atoms with van der Waals surface area (Å²) in [7, 11) is 0. The van der Waals surface area contributed by atoms with E-state index in [-0.39, 0.29) is 11.3 Å². The molecule has 0 unspecified atom stereocenters. The quantitative estimate of drug-likeness (QED) is 0.823. The van der Waals surface area contributed by atoms with Gasteiger partial charge in [-0.25, -0.2) is 0 Å². The molecule has 4 aliphatic carbocycles. The fourth-order valence-corrected chi connectivity index (χ4v) is 4.82. The highest BCUT2D eigenvalue weighted by Crippen LogP contribution is 2.60. The van der Waals surface area contributed by atoms with E-state index in [2.05, 4.69) is 11.9 Å². The summed E-state index contributed by atoms with van der Waals surface area (Å²) < 4.78 is 0. The first-order valence-electron chi connectivity index (χ1n) is 6.69. The Bertz CT molecular complexity index is 328. The first kappa shape index (κ1) is 11.6. The van der Waals surface area contributed by atoms with Crippen molar-refractivity contribution >= 4 is 17.5 Å². The number of carbonyl (C=O) groups excluding carboxylic acids is 1. The molecule has 0 spiro atoms. The van der Waals surface area contributed by atoms with Crippen molar-refractivity contribution in [3.8, 4) is 0 Å². The van der Waals surface area contributed by atoms with Crippen molar-refractivity contribution in [2.24, 2.45) is 23.2 Å². The lowest BCUT2D eigenvalue weighted by Gasteiger charge is -2.55. The zero-order valence-corrected chi connectivity index (χ0v) is 10.9. The van der Waals surface area contributed by atoms with E-state index in [1.165, 1.54) is 19.3 Å². The van der Waals surface area contributed by atoms with Crippen molar-refractivity contribution in [2.45, 2.75) is 38.5 Å². The fraction of sp³-hybridized carbons (Fsp3) is 0.786. The maximum Gasteiger partial charge on any atom is 0.226 e. The molecule has 4 bridgehead atoms. The SMILES string of the molecule is C=C(Cl)CNC(=O)C12CC3CC(CC(C3)C1)C2. The van der Waals surface area contributed by atoms with E-state index in [0.29, 0.717) is 11.6 Å². The minimum atomic E-state index is -0.0545. The molecule has 3 heteroatoms. The zero-order valence-electron chi connectivity index (χ0n) is 10.2. The molecule has 2 nitrogen and oxygen atoms in total. The smallest absolute Gasteiger partial charge is 0.226 e. The number of nitrogens with one attached hydrogen (secondary N) is 1. The molecule has 4 saturated carbocycles. The second-order valence-electron chi connectivity index (χ2n) is 6.40. The summed E-state index contributed by atoms with van der Waals surface area (Å²) in [6, 6.07) is 0. The highest BCUT2D eigenvalue weighted by atomic mass is 35.5. The molecule has 4 fully saturated rings. The molecule has 0 radical (unpaired) electrons. The Morgan fingerprint density at radius 2 is 1.65 bits per heavy atom. The minimum Gasteiger partial charge on any atom is -0.351 e. The summed E-state index contributed by atoms with van der Waals surface area (Å²) in [5.41, 5.74) is -0.0545. The third kappa shape index (κ3) is 2.01. The van der Waals surface area contributed by atoms with E-state index < -0.39 is 0 Å². The second kappa shape index (κ2) is 4.01. The molecule has 4 aliphatic rings. The summed E-state index contributed by atoms with van der Waals surface area (Å²) in [6.07, 6.45) is 7.44. The van der Waals surface area contributed by atoms with Crippen molar-refractivity contribution in [1.82, 2.24) is 5.32 Å². The van der Waals surface area contributed by atoms with Gasteiger partial charge in [0.15, 0.2) is 0 Å². The largest absolute Gasteiger partial charge is 0.351 e. The highest BCUT2D eigenvalue weighted by molar-refractivity contribution is 6.29. The van der Waals surface area contributed by atoms with Gasteiger partial charge in [-0.05, 0) is 56.3 Å². The molecule has 0 aliphatic heterocycles. The molecule has 0 aromatic carbocycles. The van der Waals surface area contributed by atoms with Crippen molar-refractivity contribution in [1.29, 1.82) is 0 Å². The maximum absolute atomic E-state index is 12.4. The van der Waals surface area contributed by atoms with Gasteiger partial charge in [0.05, 0.1) is 6.54 Å². The van der Waals surface area contributed by atoms with Gasteiger partial charge in [0.25, 0.3) is 0 Å². The summed E-state index contributed by atoms with van der Waals surface area (Å²) in [5.74, 6) is 2.67. The molecule has 0 aromatic heterocycles. The highest BCUT2D eigenvalue weighted by Gasteiger charge is 2.54. The molecule has 0 atom stereocenters. The van der Waals surface area contributed by atoms with Crippen LogP contribution in [0, 0.1) is 23.2 Å². The number of rotatable bonds is 3. The number of amides is 1. The Morgan fingerprint density at radius 1 is 1.18 bits per heavy atom. The fourth-order valence-electron chi connectivity index (χ4n) is 4.75. The van der Waals surface area contributed by atoms with Crippen molar-refractivity contribution in [3.63, 3.8) is 0 Å². The molecular weight excluding hydrogens is 234 g/mol. The number of hydrogen-bond donors (Lipinski definition) is 1. The van der Waals surface area contributed by atoms with Crippen LogP contribution in [0.25, 0.3) is 0 Å². The van der Waals surface area contributed by atoms with Gasteiger partial charge in [-0.3, -0.25) is 4.79 Å². The average molecular weight is 254 g/mol. The zero-order chi connectivity index (χ0) is 12.0. The number of hydrogen-bond acceptors (Lipinski definition) is 1. The third-order valence-electron chi connectivity index (χ3n) is 4.96. The van der Waals surface area contributed by atoms with Crippen LogP contribution < -0.4 is 5.32 Å². The van der Waals surface area contributed by atoms with Crippen LogP contribution in [0.4, 0.5) is 0 Å². The lowest BCUT2D eigenvalue weighted by atomic mass is 9.49. The first-order valence-corrected chi connectivity index (χ1v) is 7.07. The molecular formula is C14H20ClNO. The van der Waals surface area contributed by atoms with Crippen LogP contribution in [0.15, 0.2) is 11.6 Å². The Morgan fingerprint density at radius 3 is 2.06 bits per heavy atom. The van der Waals surface area contributed by atoms with Crippen molar-refractivity contribution in [3.05, 3.63) is 11.6 Å². The molecule has 0 saturated heterocycles. The van der Waals surface area contributed by atoms with Crippen LogP contribution in [0.5, 0.6) is 0 Å². The molecule has 17 heavy (non-hydrogen) atoms. The number of halogens is 1. The summed E-state index contributed by atoms with van der Waals surface area (Å²) in [6.45, 7) is 4.04. The predicted molar refractivity (Wildman–Crippen MR) is 68.6 cm³/mol. The molecule has 4 rings (SSSR count). The second-order valence-corrected chi connectivity index (χ2v) is 6.93. The van der Waals surface area contributed by atoms with Crippen LogP contribution in [0.2, 0.25) is 0 Å². The van der Waals surface area contributed by atoms with E-state index in [0.717, 1.165) is 37.0 Å². The van der Waals surface area contributed by atoms with E-state index in [9.17, 15) is 4.79 Å². The van der Waals surface area contributed by atoms with Crippen LogP contribution in [0.3, 0.4) is 0 Å². The van der Waals surface area contributed by atoms with E-state index in [1.54, 1.807) is 0 Å². The van der Waals surface area contributed by atoms with Gasteiger partial charge in [0, 0.05) is 10.4 Å². The van der Waals surface area contributed by atoms with E-state index in [1.807, 2.05) is 0 Å². The van der Waals surface area contributed by atoms with Crippen LogP contribution in [-0.4, -0.2) is 12.5 Å². The Labute approximate surface area is 108 Å². The topological polar surface area (TPSA) is 29.1 Å². The van der Waals surface area contributed by atoms with Crippen LogP contribution in [0.1, 0.15) is 38.5 Å². The normalized spacial score (nSPS) is 42.5. The minimum absolute atomic E-state index is 0.0545. The average Bonchev–Trinajstić information content (AvgIpc) is 2.23. The van der Waals surface area contributed by atoms with Gasteiger partial charge in [-0.1, -0.05) is 18.2 Å². The monoisotopic (exact) mass is 253 g/mol. The van der Waals surface area contributed by atoms with Gasteiger partial charge in [-0.15, -0.1) is 0 Å². The van der Waals surface area contributed by atoms with Gasteiger partial charge in [0.1, 0.15) is 0 Å². The summed E-state index contributed by atoms with van der Waals surface area (Å²) in [5, 5.41) is 3.49. The molecule has 94 valence electrons. The van der Waals surface area contributed by atoms with Gasteiger partial charge < -0.3 is 5.32 Å². The standard InChI is InChI=1S/C14H20ClNO/c1-9(15)8-16-13(17)14-5-10-2-11(6-14)4-12(3-10)7-14/h10-12H,1-8H2,(H,16,17). The maximum atomic E-state index is 12.4.